The summed E-state index contributed by atoms with van der Waals surface area (Å²) < 4.78 is 10.4. The molecule has 0 aromatic heterocycles. The van der Waals surface area contributed by atoms with Gasteiger partial charge in [-0.25, -0.2) is 0 Å². The van der Waals surface area contributed by atoms with Gasteiger partial charge >= 0.3 is 0 Å². The fraction of sp³-hybridized carbons (Fsp3) is 0.400. The number of benzene rings is 1. The minimum Gasteiger partial charge on any atom is -0.497 e. The van der Waals surface area contributed by atoms with Crippen LogP contribution in [0.2, 0.25) is 0 Å². The molecule has 1 rings (SSSR count). The summed E-state index contributed by atoms with van der Waals surface area (Å²) in [6, 6.07) is 7.91. The molecule has 0 heterocycles. The maximum absolute atomic E-state index is 5.36. The first-order valence-electron chi connectivity index (χ1n) is 4.06. The third-order valence-electron chi connectivity index (χ3n) is 1.63. The molecule has 1 aromatic rings. The van der Waals surface area contributed by atoms with E-state index in [1.807, 2.05) is 30.5 Å². The van der Waals surface area contributed by atoms with E-state index in [0.29, 0.717) is 6.61 Å². The van der Waals surface area contributed by atoms with Gasteiger partial charge in [-0.3, -0.25) is 0 Å². The van der Waals surface area contributed by atoms with Crippen LogP contribution in [0.25, 0.3) is 0 Å². The molecule has 0 aliphatic carbocycles. The smallest absolute Gasteiger partial charge is 0.118 e. The number of methoxy groups -OCH3 is 1. The van der Waals surface area contributed by atoms with E-state index in [9.17, 15) is 0 Å². The van der Waals surface area contributed by atoms with Gasteiger partial charge in [0.05, 0.1) is 19.7 Å². The zero-order chi connectivity index (χ0) is 9.52. The molecule has 0 N–H and O–H groups in total. The highest BCUT2D eigenvalue weighted by atomic mass is 32.2. The zero-order valence-corrected chi connectivity index (χ0v) is 8.76. The van der Waals surface area contributed by atoms with E-state index in [1.54, 1.807) is 18.9 Å². The molecule has 0 amide bonds. The first kappa shape index (κ1) is 10.4. The first-order valence-corrected chi connectivity index (χ1v) is 5.46. The van der Waals surface area contributed by atoms with Crippen molar-refractivity contribution in [3.05, 3.63) is 29.8 Å². The standard InChI is InChI=1S/C10H14O2S/c1-11-10-5-3-9(4-6-10)7-12-8-13-2/h3-6H,7-8H2,1-2H3. The van der Waals surface area contributed by atoms with Gasteiger partial charge < -0.3 is 9.47 Å². The molecule has 0 saturated carbocycles. The van der Waals surface area contributed by atoms with E-state index in [0.717, 1.165) is 11.7 Å². The number of ether oxygens (including phenoxy) is 2. The van der Waals surface area contributed by atoms with Gasteiger partial charge in [0, 0.05) is 0 Å². The second kappa shape index (κ2) is 5.89. The highest BCUT2D eigenvalue weighted by Gasteiger charge is 1.93. The molecule has 1 aromatic carbocycles. The van der Waals surface area contributed by atoms with E-state index >= 15 is 0 Å². The van der Waals surface area contributed by atoms with Crippen molar-refractivity contribution in [2.24, 2.45) is 0 Å². The summed E-state index contributed by atoms with van der Waals surface area (Å²) in [5.41, 5.74) is 1.18. The fourth-order valence-electron chi connectivity index (χ4n) is 0.965. The summed E-state index contributed by atoms with van der Waals surface area (Å²) in [4.78, 5) is 0. The Labute approximate surface area is 83.2 Å². The topological polar surface area (TPSA) is 18.5 Å². The quantitative estimate of drug-likeness (QED) is 0.535. The van der Waals surface area contributed by atoms with E-state index < -0.39 is 0 Å². The molecular weight excluding hydrogens is 184 g/mol. The maximum Gasteiger partial charge on any atom is 0.118 e. The van der Waals surface area contributed by atoms with Gasteiger partial charge in [0.15, 0.2) is 0 Å². The number of hydrogen-bond acceptors (Lipinski definition) is 3. The van der Waals surface area contributed by atoms with Crippen molar-refractivity contribution in [3.8, 4) is 5.75 Å². The Morgan fingerprint density at radius 3 is 2.46 bits per heavy atom. The SMILES string of the molecule is COc1ccc(COCSC)cc1. The molecule has 0 spiro atoms. The average Bonchev–Trinajstić information content (AvgIpc) is 2.19. The molecule has 13 heavy (non-hydrogen) atoms. The van der Waals surface area contributed by atoms with Crippen LogP contribution in [-0.4, -0.2) is 19.3 Å². The van der Waals surface area contributed by atoms with Crippen LogP contribution in [0.3, 0.4) is 0 Å². The predicted octanol–water partition coefficient (Wildman–Crippen LogP) is 2.53. The van der Waals surface area contributed by atoms with Crippen molar-refractivity contribution in [2.75, 3.05) is 19.3 Å². The lowest BCUT2D eigenvalue weighted by Crippen LogP contribution is -1.91. The average molecular weight is 198 g/mol. The van der Waals surface area contributed by atoms with Crippen LogP contribution in [0, 0.1) is 0 Å². The molecule has 0 bridgehead atoms. The molecule has 72 valence electrons. The van der Waals surface area contributed by atoms with E-state index in [4.69, 9.17) is 9.47 Å². The zero-order valence-electron chi connectivity index (χ0n) is 7.95. The Morgan fingerprint density at radius 1 is 1.23 bits per heavy atom. The van der Waals surface area contributed by atoms with Crippen molar-refractivity contribution in [2.45, 2.75) is 6.61 Å². The molecule has 3 heteroatoms. The van der Waals surface area contributed by atoms with Crippen molar-refractivity contribution in [1.82, 2.24) is 0 Å². The summed E-state index contributed by atoms with van der Waals surface area (Å²) in [7, 11) is 1.67. The van der Waals surface area contributed by atoms with Gasteiger partial charge in [0.1, 0.15) is 5.75 Å². The minimum absolute atomic E-state index is 0.671. The summed E-state index contributed by atoms with van der Waals surface area (Å²) in [6.45, 7) is 0.671. The number of rotatable bonds is 5. The van der Waals surface area contributed by atoms with Crippen molar-refractivity contribution in [1.29, 1.82) is 0 Å². The second-order valence-electron chi connectivity index (χ2n) is 2.60. The molecule has 0 aliphatic heterocycles. The van der Waals surface area contributed by atoms with Crippen LogP contribution >= 0.6 is 11.8 Å². The highest BCUT2D eigenvalue weighted by molar-refractivity contribution is 7.98. The van der Waals surface area contributed by atoms with Crippen LogP contribution in [0.5, 0.6) is 5.75 Å². The van der Waals surface area contributed by atoms with E-state index in [-0.39, 0.29) is 0 Å². The van der Waals surface area contributed by atoms with E-state index in [1.165, 1.54) is 5.56 Å². The van der Waals surface area contributed by atoms with Crippen molar-refractivity contribution in [3.63, 3.8) is 0 Å². The Bertz CT molecular complexity index is 233. The molecular formula is C10H14O2S. The van der Waals surface area contributed by atoms with Gasteiger partial charge in [-0.15, -0.1) is 11.8 Å². The van der Waals surface area contributed by atoms with Crippen LogP contribution in [-0.2, 0) is 11.3 Å². The van der Waals surface area contributed by atoms with Gasteiger partial charge in [0.2, 0.25) is 0 Å². The second-order valence-corrected chi connectivity index (χ2v) is 3.42. The Morgan fingerprint density at radius 2 is 1.92 bits per heavy atom. The molecule has 0 atom stereocenters. The first-order chi connectivity index (χ1) is 6.36. The van der Waals surface area contributed by atoms with Crippen molar-refractivity contribution < 1.29 is 9.47 Å². The Kier molecular flexibility index (Phi) is 4.72. The monoisotopic (exact) mass is 198 g/mol. The summed E-state index contributed by atoms with van der Waals surface area (Å²) in [5, 5.41) is 0. The molecule has 0 unspecified atom stereocenters. The van der Waals surface area contributed by atoms with Crippen LogP contribution in [0.15, 0.2) is 24.3 Å². The molecule has 0 radical (unpaired) electrons. The van der Waals surface area contributed by atoms with Gasteiger partial charge in [-0.2, -0.15) is 0 Å². The lowest BCUT2D eigenvalue weighted by molar-refractivity contribution is 0.169. The normalized spacial score (nSPS) is 10.0. The lowest BCUT2D eigenvalue weighted by atomic mass is 10.2. The molecule has 0 saturated heterocycles. The predicted molar refractivity (Wildman–Crippen MR) is 56.2 cm³/mol. The number of hydrogen-bond donors (Lipinski definition) is 0. The summed E-state index contributed by atoms with van der Waals surface area (Å²) in [6.07, 6.45) is 2.02. The Balaban J connectivity index is 2.40. The van der Waals surface area contributed by atoms with Crippen molar-refractivity contribution >= 4 is 11.8 Å². The van der Waals surface area contributed by atoms with E-state index in [2.05, 4.69) is 0 Å². The number of thioether (sulfide) groups is 1. The third-order valence-corrected chi connectivity index (χ3v) is 2.03. The summed E-state index contributed by atoms with van der Waals surface area (Å²) >= 11 is 1.68. The molecule has 2 nitrogen and oxygen atoms in total. The van der Waals surface area contributed by atoms with Crippen LogP contribution in [0.1, 0.15) is 5.56 Å². The van der Waals surface area contributed by atoms with Gasteiger partial charge in [0.25, 0.3) is 0 Å². The minimum atomic E-state index is 0.671. The molecule has 0 fully saturated rings. The van der Waals surface area contributed by atoms with Gasteiger partial charge in [-0.05, 0) is 24.0 Å². The highest BCUT2D eigenvalue weighted by Crippen LogP contribution is 2.12. The summed E-state index contributed by atoms with van der Waals surface area (Å²) in [5.74, 6) is 1.63. The fourth-order valence-corrected chi connectivity index (χ4v) is 1.21. The van der Waals surface area contributed by atoms with Gasteiger partial charge in [-0.1, -0.05) is 12.1 Å². The third kappa shape index (κ3) is 3.70. The Hall–Kier alpha value is -0.670. The van der Waals surface area contributed by atoms with Crippen LogP contribution < -0.4 is 4.74 Å². The lowest BCUT2D eigenvalue weighted by Gasteiger charge is -2.03. The van der Waals surface area contributed by atoms with Crippen LogP contribution in [0.4, 0.5) is 0 Å². The molecule has 0 aliphatic rings. The maximum atomic E-state index is 5.36. The largest absolute Gasteiger partial charge is 0.497 e.